The van der Waals surface area contributed by atoms with Crippen molar-refractivity contribution in [3.05, 3.63) is 0 Å². The van der Waals surface area contributed by atoms with Gasteiger partial charge in [-0.05, 0) is 32.1 Å². The largest absolute Gasteiger partial charge is 0.481 e. The van der Waals surface area contributed by atoms with Gasteiger partial charge >= 0.3 is 5.97 Å². The zero-order valence-corrected chi connectivity index (χ0v) is 36.0. The Morgan fingerprint density at radius 3 is 1.30 bits per heavy atom. The number of alkyl halides is 1. The zero-order chi connectivity index (χ0) is 42.0. The molecule has 0 rings (SSSR count). The zero-order valence-electron chi connectivity index (χ0n) is 34.4. The summed E-state index contributed by atoms with van der Waals surface area (Å²) in [7, 11) is 0. The van der Waals surface area contributed by atoms with Gasteiger partial charge < -0.3 is 51.1 Å². The molecule has 5 amide bonds. The van der Waals surface area contributed by atoms with E-state index in [1.807, 2.05) is 0 Å². The van der Waals surface area contributed by atoms with Crippen molar-refractivity contribution in [2.75, 3.05) is 77.8 Å². The molecule has 7 N–H and O–H groups in total. The number of primary amides is 1. The minimum absolute atomic E-state index is 0.0973. The molecule has 57 heavy (non-hydrogen) atoms. The van der Waals surface area contributed by atoms with E-state index in [1.165, 1.54) is 51.4 Å². The lowest BCUT2D eigenvalue weighted by atomic mass is 10.0. The van der Waals surface area contributed by atoms with Crippen LogP contribution in [0.4, 0.5) is 0 Å². The highest BCUT2D eigenvalue weighted by Crippen LogP contribution is 2.14. The first-order valence-corrected chi connectivity index (χ1v) is 22.2. The summed E-state index contributed by atoms with van der Waals surface area (Å²) in [4.78, 5) is 69.8. The summed E-state index contributed by atoms with van der Waals surface area (Å²) >= 11 is 3.06. The maximum Gasteiger partial charge on any atom is 0.303 e. The molecular formula is C40H74BrN5O11. The van der Waals surface area contributed by atoms with Crippen LogP contribution in [0.1, 0.15) is 135 Å². The highest BCUT2D eigenvalue weighted by molar-refractivity contribution is 9.09. The van der Waals surface area contributed by atoms with Crippen LogP contribution in [0.2, 0.25) is 0 Å². The fourth-order valence-electron chi connectivity index (χ4n) is 5.66. The van der Waals surface area contributed by atoms with Crippen LogP contribution in [0.15, 0.2) is 0 Å². The van der Waals surface area contributed by atoms with E-state index in [4.69, 9.17) is 29.8 Å². The lowest BCUT2D eigenvalue weighted by Gasteiger charge is -2.15. The number of nitrogens with one attached hydrogen (secondary N) is 4. The molecule has 332 valence electrons. The third-order valence-electron chi connectivity index (χ3n) is 8.91. The van der Waals surface area contributed by atoms with Crippen molar-refractivity contribution >= 4 is 51.4 Å². The van der Waals surface area contributed by atoms with Crippen LogP contribution in [-0.4, -0.2) is 124 Å². The third-order valence-corrected chi connectivity index (χ3v) is 9.42. The molecule has 0 unspecified atom stereocenters. The second-order valence-corrected chi connectivity index (χ2v) is 14.6. The molecule has 0 aliphatic rings. The molecule has 0 fully saturated rings. The molecule has 0 aliphatic carbocycles. The predicted molar refractivity (Wildman–Crippen MR) is 222 cm³/mol. The van der Waals surface area contributed by atoms with E-state index in [1.54, 1.807) is 0 Å². The van der Waals surface area contributed by atoms with Crippen molar-refractivity contribution in [3.8, 4) is 0 Å². The van der Waals surface area contributed by atoms with E-state index in [-0.39, 0.29) is 61.4 Å². The smallest absolute Gasteiger partial charge is 0.303 e. The van der Waals surface area contributed by atoms with Gasteiger partial charge in [-0.15, -0.1) is 0 Å². The number of rotatable bonds is 43. The molecule has 16 nitrogen and oxygen atoms in total. The van der Waals surface area contributed by atoms with E-state index < -0.39 is 17.9 Å². The van der Waals surface area contributed by atoms with Gasteiger partial charge in [0.2, 0.25) is 29.5 Å². The van der Waals surface area contributed by atoms with Gasteiger partial charge in [0.05, 0.1) is 58.2 Å². The number of aliphatic carboxylic acids is 1. The number of unbranched alkanes of at least 4 members (excludes halogenated alkanes) is 14. The number of nitrogens with two attached hydrogens (primary N) is 1. The van der Waals surface area contributed by atoms with Gasteiger partial charge in [0.25, 0.3) is 0 Å². The summed E-state index contributed by atoms with van der Waals surface area (Å²) in [6.45, 7) is 3.90. The van der Waals surface area contributed by atoms with Gasteiger partial charge in [0.15, 0.2) is 0 Å². The van der Waals surface area contributed by atoms with Crippen molar-refractivity contribution in [2.24, 2.45) is 5.73 Å². The van der Waals surface area contributed by atoms with Crippen LogP contribution in [-0.2, 0) is 47.7 Å². The topological polar surface area (TPSA) is 234 Å². The van der Waals surface area contributed by atoms with E-state index in [2.05, 4.69) is 37.2 Å². The molecule has 0 aliphatic heterocycles. The summed E-state index contributed by atoms with van der Waals surface area (Å²) in [6.07, 6.45) is 18.4. The maximum atomic E-state index is 12.4. The van der Waals surface area contributed by atoms with Gasteiger partial charge in [-0.2, -0.15) is 0 Å². The minimum atomic E-state index is -0.716. The van der Waals surface area contributed by atoms with Crippen LogP contribution in [0.25, 0.3) is 0 Å². The number of carbonyl (C=O) groups is 6. The number of hydrogen-bond acceptors (Lipinski definition) is 10. The quantitative estimate of drug-likeness (QED) is 0.0378. The molecule has 0 bridgehead atoms. The third kappa shape index (κ3) is 41.1. The summed E-state index contributed by atoms with van der Waals surface area (Å²) in [5.41, 5.74) is 5.52. The Balaban J connectivity index is 3.59. The number of carbonyl (C=O) groups excluding carboxylic acids is 5. The summed E-state index contributed by atoms with van der Waals surface area (Å²) in [5, 5.41) is 19.9. The Hall–Kier alpha value is -2.86. The van der Waals surface area contributed by atoms with Gasteiger partial charge in [-0.3, -0.25) is 28.8 Å². The van der Waals surface area contributed by atoms with Crippen LogP contribution in [0.5, 0.6) is 0 Å². The van der Waals surface area contributed by atoms with E-state index >= 15 is 0 Å². The van der Waals surface area contributed by atoms with Crippen LogP contribution < -0.4 is 27.0 Å². The Morgan fingerprint density at radius 1 is 0.456 bits per heavy atom. The average Bonchev–Trinajstić information content (AvgIpc) is 3.18. The number of carboxylic acid groups (broad SMARTS) is 1. The Morgan fingerprint density at radius 2 is 0.860 bits per heavy atom. The van der Waals surface area contributed by atoms with Crippen LogP contribution >= 0.6 is 15.9 Å². The van der Waals surface area contributed by atoms with Gasteiger partial charge in [0, 0.05) is 45.3 Å². The monoisotopic (exact) mass is 879 g/mol. The molecule has 0 aromatic heterocycles. The summed E-state index contributed by atoms with van der Waals surface area (Å²) in [5.74, 6) is -1.79. The first kappa shape index (κ1) is 54.1. The van der Waals surface area contributed by atoms with Crippen molar-refractivity contribution in [1.82, 2.24) is 21.3 Å². The molecular weight excluding hydrogens is 806 g/mol. The standard InChI is InChI=1S/C40H74BrN5O11/c41-33-38(50)45-24-28-57-32-30-55-26-21-36(48)44-23-27-56-31-29-54-25-20-35(47)43-22-16-15-17-34(40(42)53)46-37(49)18-13-11-9-7-5-3-1-2-4-6-8-10-12-14-19-39(51)52/h34H,1-33H2,(H2,42,53)(H,43,47)(H,44,48)(H,45,50)(H,46,49)(H,51,52)/t34-/m0/s1. The van der Waals surface area contributed by atoms with Crippen molar-refractivity contribution in [1.29, 1.82) is 0 Å². The summed E-state index contributed by atoms with van der Waals surface area (Å²) in [6, 6.07) is -0.716. The first-order valence-electron chi connectivity index (χ1n) is 21.1. The van der Waals surface area contributed by atoms with E-state index in [0.29, 0.717) is 85.0 Å². The Kier molecular flexibility index (Phi) is 39.2. The number of hydrogen-bond donors (Lipinski definition) is 6. The van der Waals surface area contributed by atoms with Crippen LogP contribution in [0, 0.1) is 0 Å². The maximum absolute atomic E-state index is 12.4. The molecule has 0 aromatic carbocycles. The lowest BCUT2D eigenvalue weighted by Crippen LogP contribution is -2.44. The normalized spacial score (nSPS) is 11.5. The molecule has 17 heteroatoms. The number of halogens is 1. The molecule has 1 atom stereocenters. The van der Waals surface area contributed by atoms with Gasteiger partial charge in [-0.25, -0.2) is 0 Å². The molecule has 0 saturated carbocycles. The van der Waals surface area contributed by atoms with Crippen molar-refractivity contribution in [2.45, 2.75) is 141 Å². The molecule has 0 aromatic rings. The van der Waals surface area contributed by atoms with Crippen LogP contribution in [0.3, 0.4) is 0 Å². The molecule has 0 saturated heterocycles. The SMILES string of the molecule is NC(=O)[C@H](CCCCNC(=O)CCOCCOCCNC(=O)CCOCCOCCNC(=O)CBr)NC(=O)CCCCCCCCCCCCCCCCC(=O)O. The molecule has 0 spiro atoms. The Labute approximate surface area is 349 Å². The van der Waals surface area contributed by atoms with Gasteiger partial charge in [0.1, 0.15) is 6.04 Å². The minimum Gasteiger partial charge on any atom is -0.481 e. The van der Waals surface area contributed by atoms with Gasteiger partial charge in [-0.1, -0.05) is 93.0 Å². The highest BCUT2D eigenvalue weighted by atomic mass is 79.9. The van der Waals surface area contributed by atoms with E-state index in [9.17, 15) is 28.8 Å². The second kappa shape index (κ2) is 41.3. The number of ether oxygens (including phenoxy) is 4. The second-order valence-electron chi connectivity index (χ2n) is 14.0. The predicted octanol–water partition coefficient (Wildman–Crippen LogP) is 4.04. The van der Waals surface area contributed by atoms with Crippen molar-refractivity contribution < 1.29 is 52.8 Å². The summed E-state index contributed by atoms with van der Waals surface area (Å²) < 4.78 is 21.6. The number of carboxylic acids is 1. The highest BCUT2D eigenvalue weighted by Gasteiger charge is 2.17. The first-order chi connectivity index (χ1) is 27.6. The molecule has 0 heterocycles. The van der Waals surface area contributed by atoms with Crippen molar-refractivity contribution in [3.63, 3.8) is 0 Å². The van der Waals surface area contributed by atoms with E-state index in [0.717, 1.165) is 38.5 Å². The fraction of sp³-hybridized carbons (Fsp3) is 0.850. The number of amides is 5. The fourth-order valence-corrected chi connectivity index (χ4v) is 5.86. The lowest BCUT2D eigenvalue weighted by molar-refractivity contribution is -0.137. The average molecular weight is 881 g/mol. The molecule has 0 radical (unpaired) electrons. The Bertz CT molecular complexity index is 1060.